The summed E-state index contributed by atoms with van der Waals surface area (Å²) in [6, 6.07) is -0.742. The zero-order valence-corrected chi connectivity index (χ0v) is 8.80. The van der Waals surface area contributed by atoms with Crippen LogP contribution in [0.1, 0.15) is 25.6 Å². The van der Waals surface area contributed by atoms with Gasteiger partial charge in [-0.3, -0.25) is 4.79 Å². The van der Waals surface area contributed by atoms with E-state index < -0.39 is 12.0 Å². The van der Waals surface area contributed by atoms with Gasteiger partial charge in [0.2, 0.25) is 0 Å². The molecular formula is C9H15N3O3. The Bertz CT molecular complexity index is 333. The van der Waals surface area contributed by atoms with Crippen LogP contribution in [-0.2, 0) is 4.79 Å². The Morgan fingerprint density at radius 3 is 2.73 bits per heavy atom. The molecule has 3 N–H and O–H groups in total. The summed E-state index contributed by atoms with van der Waals surface area (Å²) in [6.07, 6.45) is 1.35. The SMILES string of the molecule is CCN(CC)c1ncc(C(N)C(=O)O)o1. The number of rotatable bonds is 5. The summed E-state index contributed by atoms with van der Waals surface area (Å²) in [4.78, 5) is 16.4. The number of aliphatic carboxylic acids is 1. The number of anilines is 1. The molecule has 1 heterocycles. The number of aromatic nitrogens is 1. The van der Waals surface area contributed by atoms with Gasteiger partial charge in [-0.15, -0.1) is 0 Å². The number of carboxylic acid groups (broad SMARTS) is 1. The molecule has 0 bridgehead atoms. The first kappa shape index (κ1) is 11.5. The fourth-order valence-electron chi connectivity index (χ4n) is 1.18. The number of carboxylic acids is 1. The second-order valence-corrected chi connectivity index (χ2v) is 3.03. The molecule has 0 radical (unpaired) electrons. The maximum atomic E-state index is 10.6. The van der Waals surface area contributed by atoms with Gasteiger partial charge in [0.05, 0.1) is 6.20 Å². The Hall–Kier alpha value is -1.56. The number of hydrogen-bond acceptors (Lipinski definition) is 5. The molecular weight excluding hydrogens is 198 g/mol. The Labute approximate surface area is 87.7 Å². The van der Waals surface area contributed by atoms with Crippen LogP contribution in [0.2, 0.25) is 0 Å². The minimum Gasteiger partial charge on any atom is -0.480 e. The van der Waals surface area contributed by atoms with Crippen molar-refractivity contribution in [2.45, 2.75) is 19.9 Å². The summed E-state index contributed by atoms with van der Waals surface area (Å²) < 4.78 is 5.26. The zero-order chi connectivity index (χ0) is 11.4. The van der Waals surface area contributed by atoms with Crippen LogP contribution in [0.25, 0.3) is 0 Å². The highest BCUT2D eigenvalue weighted by Crippen LogP contribution is 2.18. The smallest absolute Gasteiger partial charge is 0.328 e. The predicted octanol–water partition coefficient (Wildman–Crippen LogP) is 0.605. The lowest BCUT2D eigenvalue weighted by molar-refractivity contribution is -0.139. The number of nitrogens with two attached hydrogens (primary N) is 1. The maximum Gasteiger partial charge on any atom is 0.328 e. The van der Waals surface area contributed by atoms with Gasteiger partial charge in [0.25, 0.3) is 6.01 Å². The zero-order valence-electron chi connectivity index (χ0n) is 8.80. The van der Waals surface area contributed by atoms with Crippen molar-refractivity contribution in [3.05, 3.63) is 12.0 Å². The Kier molecular flexibility index (Phi) is 3.68. The molecule has 0 aliphatic heterocycles. The number of hydrogen-bond donors (Lipinski definition) is 2. The first-order valence-corrected chi connectivity index (χ1v) is 4.79. The highest BCUT2D eigenvalue weighted by Gasteiger charge is 2.20. The third-order valence-electron chi connectivity index (χ3n) is 2.12. The van der Waals surface area contributed by atoms with E-state index >= 15 is 0 Å². The van der Waals surface area contributed by atoms with Crippen LogP contribution in [0.5, 0.6) is 0 Å². The summed E-state index contributed by atoms with van der Waals surface area (Å²) in [5.74, 6) is -0.957. The van der Waals surface area contributed by atoms with Gasteiger partial charge in [-0.1, -0.05) is 0 Å². The Balaban J connectivity index is 2.84. The van der Waals surface area contributed by atoms with Crippen molar-refractivity contribution in [2.75, 3.05) is 18.0 Å². The standard InChI is InChI=1S/C9H15N3O3/c1-3-12(4-2)9-11-5-6(15-9)7(10)8(13)14/h5,7H,3-4,10H2,1-2H3,(H,13,14). The van der Waals surface area contributed by atoms with Gasteiger partial charge in [0, 0.05) is 13.1 Å². The van der Waals surface area contributed by atoms with Gasteiger partial charge in [-0.05, 0) is 13.8 Å². The van der Waals surface area contributed by atoms with Crippen LogP contribution < -0.4 is 10.6 Å². The van der Waals surface area contributed by atoms with Crippen molar-refractivity contribution < 1.29 is 14.3 Å². The fourth-order valence-corrected chi connectivity index (χ4v) is 1.18. The molecule has 0 spiro atoms. The summed E-state index contributed by atoms with van der Waals surface area (Å²) in [6.45, 7) is 5.42. The lowest BCUT2D eigenvalue weighted by atomic mass is 10.3. The Morgan fingerprint density at radius 2 is 2.27 bits per heavy atom. The molecule has 1 atom stereocenters. The van der Waals surface area contributed by atoms with Gasteiger partial charge in [0.15, 0.2) is 11.8 Å². The van der Waals surface area contributed by atoms with Gasteiger partial charge in [0.1, 0.15) is 0 Å². The number of oxazole rings is 1. The first-order valence-electron chi connectivity index (χ1n) is 4.79. The molecule has 1 rings (SSSR count). The molecule has 0 aliphatic carbocycles. The molecule has 15 heavy (non-hydrogen) atoms. The summed E-state index contributed by atoms with van der Waals surface area (Å²) in [7, 11) is 0. The number of carbonyl (C=O) groups is 1. The second kappa shape index (κ2) is 4.79. The van der Waals surface area contributed by atoms with Crippen molar-refractivity contribution in [2.24, 2.45) is 5.73 Å². The first-order chi connectivity index (χ1) is 7.10. The van der Waals surface area contributed by atoms with Gasteiger partial charge >= 0.3 is 5.97 Å². The molecule has 1 unspecified atom stereocenters. The molecule has 84 valence electrons. The predicted molar refractivity (Wildman–Crippen MR) is 54.6 cm³/mol. The average Bonchev–Trinajstić information content (AvgIpc) is 2.67. The van der Waals surface area contributed by atoms with Crippen LogP contribution in [0, 0.1) is 0 Å². The molecule has 0 amide bonds. The minimum atomic E-state index is -1.15. The van der Waals surface area contributed by atoms with Crippen LogP contribution in [-0.4, -0.2) is 29.1 Å². The minimum absolute atomic E-state index is 0.171. The summed E-state index contributed by atoms with van der Waals surface area (Å²) in [5.41, 5.74) is 5.38. The average molecular weight is 213 g/mol. The van der Waals surface area contributed by atoms with Gasteiger partial charge < -0.3 is 20.2 Å². The van der Waals surface area contributed by atoms with E-state index in [1.54, 1.807) is 0 Å². The lowest BCUT2D eigenvalue weighted by Crippen LogP contribution is -2.22. The molecule has 0 saturated heterocycles. The van der Waals surface area contributed by atoms with E-state index in [9.17, 15) is 4.79 Å². The fraction of sp³-hybridized carbons (Fsp3) is 0.556. The largest absolute Gasteiger partial charge is 0.480 e. The van der Waals surface area contributed by atoms with E-state index in [4.69, 9.17) is 15.3 Å². The topological polar surface area (TPSA) is 92.6 Å². The van der Waals surface area contributed by atoms with E-state index in [-0.39, 0.29) is 5.76 Å². The maximum absolute atomic E-state index is 10.6. The third kappa shape index (κ3) is 2.47. The van der Waals surface area contributed by atoms with E-state index in [1.807, 2.05) is 18.7 Å². The van der Waals surface area contributed by atoms with Gasteiger partial charge in [-0.2, -0.15) is 0 Å². The van der Waals surface area contributed by atoms with Crippen LogP contribution in [0.15, 0.2) is 10.6 Å². The van der Waals surface area contributed by atoms with E-state index in [1.165, 1.54) is 6.20 Å². The number of nitrogens with zero attached hydrogens (tertiary/aromatic N) is 2. The van der Waals surface area contributed by atoms with Crippen molar-refractivity contribution in [1.82, 2.24) is 4.98 Å². The third-order valence-corrected chi connectivity index (χ3v) is 2.12. The highest BCUT2D eigenvalue weighted by atomic mass is 16.4. The molecule has 1 aromatic rings. The normalized spacial score (nSPS) is 12.5. The summed E-state index contributed by atoms with van der Waals surface area (Å²) >= 11 is 0. The van der Waals surface area contributed by atoms with Crippen LogP contribution >= 0.6 is 0 Å². The molecule has 0 aliphatic rings. The van der Waals surface area contributed by atoms with Crippen molar-refractivity contribution in [1.29, 1.82) is 0 Å². The van der Waals surface area contributed by atoms with Gasteiger partial charge in [-0.25, -0.2) is 4.98 Å². The van der Waals surface area contributed by atoms with Crippen molar-refractivity contribution >= 4 is 12.0 Å². The van der Waals surface area contributed by atoms with Crippen LogP contribution in [0.4, 0.5) is 6.01 Å². The molecule has 1 aromatic heterocycles. The Morgan fingerprint density at radius 1 is 1.67 bits per heavy atom. The van der Waals surface area contributed by atoms with Crippen LogP contribution in [0.3, 0.4) is 0 Å². The molecule has 0 fully saturated rings. The van der Waals surface area contributed by atoms with E-state index in [0.717, 1.165) is 13.1 Å². The highest BCUT2D eigenvalue weighted by molar-refractivity contribution is 5.74. The van der Waals surface area contributed by atoms with E-state index in [0.29, 0.717) is 6.01 Å². The monoisotopic (exact) mass is 213 g/mol. The van der Waals surface area contributed by atoms with E-state index in [2.05, 4.69) is 4.98 Å². The lowest BCUT2D eigenvalue weighted by Gasteiger charge is -2.15. The quantitative estimate of drug-likeness (QED) is 0.744. The van der Waals surface area contributed by atoms with Crippen molar-refractivity contribution in [3.63, 3.8) is 0 Å². The van der Waals surface area contributed by atoms with Crippen molar-refractivity contribution in [3.8, 4) is 0 Å². The second-order valence-electron chi connectivity index (χ2n) is 3.03. The summed E-state index contributed by atoms with van der Waals surface area (Å²) in [5, 5.41) is 8.67. The molecule has 6 nitrogen and oxygen atoms in total. The molecule has 0 aromatic carbocycles. The molecule has 6 heteroatoms. The molecule has 0 saturated carbocycles.